The smallest absolute Gasteiger partial charge is 0.136 e. The Kier molecular flexibility index (Phi) is 4.93. The zero-order valence-corrected chi connectivity index (χ0v) is 24.4. The Hall–Kier alpha value is -5.66. The molecule has 0 spiro atoms. The lowest BCUT2D eigenvalue weighted by Gasteiger charge is -2.19. The third-order valence-corrected chi connectivity index (χ3v) is 8.95. The van der Waals surface area contributed by atoms with Crippen LogP contribution < -0.4 is 0 Å². The summed E-state index contributed by atoms with van der Waals surface area (Å²) in [5, 5.41) is 6.44. The summed E-state index contributed by atoms with van der Waals surface area (Å²) < 4.78 is 48.5. The molecule has 1 heterocycles. The zero-order chi connectivity index (χ0) is 34.1. The van der Waals surface area contributed by atoms with Crippen LogP contribution >= 0.6 is 0 Å². The van der Waals surface area contributed by atoms with E-state index >= 15 is 0 Å². The number of rotatable bonds is 4. The first kappa shape index (κ1) is 21.1. The van der Waals surface area contributed by atoms with Crippen molar-refractivity contribution in [2.75, 3.05) is 0 Å². The fraction of sp³-hybridized carbons (Fsp3) is 0.0455. The number of hydrogen-bond donors (Lipinski definition) is 0. The van der Waals surface area contributed by atoms with Crippen molar-refractivity contribution in [3.05, 3.63) is 163 Å². The highest BCUT2D eigenvalue weighted by atomic mass is 16.3. The Balaban J connectivity index is 1.37. The van der Waals surface area contributed by atoms with E-state index in [2.05, 4.69) is 91.0 Å². The molecule has 1 heteroatoms. The summed E-state index contributed by atoms with van der Waals surface area (Å²) in [7, 11) is 0. The second kappa shape index (κ2) is 10.5. The molecule has 0 aliphatic heterocycles. The molecule has 1 nitrogen and oxygen atoms in total. The van der Waals surface area contributed by atoms with Crippen LogP contribution in [0.4, 0.5) is 0 Å². The van der Waals surface area contributed by atoms with E-state index in [4.69, 9.17) is 11.3 Å². The molecule has 1 aliphatic rings. The average Bonchev–Trinajstić information content (AvgIpc) is 3.54. The molecule has 212 valence electrons. The van der Waals surface area contributed by atoms with Gasteiger partial charge in [0, 0.05) is 10.8 Å². The van der Waals surface area contributed by atoms with Crippen LogP contribution in [0.15, 0.2) is 162 Å². The molecular weight excluding hydrogens is 544 g/mol. The maximum atomic E-state index is 8.65. The number of furan rings is 1. The normalized spacial score (nSPS) is 14.8. The maximum Gasteiger partial charge on any atom is 0.136 e. The van der Waals surface area contributed by atoms with Gasteiger partial charge in [-0.15, -0.1) is 0 Å². The monoisotopic (exact) mass is 579 g/mol. The molecule has 0 N–H and O–H groups in total. The van der Waals surface area contributed by atoms with E-state index in [9.17, 15) is 0 Å². The van der Waals surface area contributed by atoms with Crippen LogP contribution in [0, 0.1) is 0 Å². The molecule has 0 fully saturated rings. The first-order valence-electron chi connectivity index (χ1n) is 17.8. The van der Waals surface area contributed by atoms with Gasteiger partial charge < -0.3 is 4.42 Å². The van der Waals surface area contributed by atoms with Crippen molar-refractivity contribution in [1.29, 1.82) is 0 Å². The molecule has 0 unspecified atom stereocenters. The SMILES string of the molecule is [2H]c1c([2H])c([2H])c(-c2cccc(-c3c4ccccc4c(-c4cc(C5=CCCC=C5)cc5oc6ccccc6c45)c4ccccc34)c2)c([2H])c1[2H]. The van der Waals surface area contributed by atoms with Crippen LogP contribution in [-0.2, 0) is 0 Å². The molecule has 0 bridgehead atoms. The summed E-state index contributed by atoms with van der Waals surface area (Å²) in [4.78, 5) is 0. The van der Waals surface area contributed by atoms with Gasteiger partial charge in [-0.1, -0.05) is 133 Å². The first-order valence-corrected chi connectivity index (χ1v) is 15.3. The van der Waals surface area contributed by atoms with E-state index in [-0.39, 0.29) is 29.7 Å². The van der Waals surface area contributed by atoms with Gasteiger partial charge in [0.1, 0.15) is 11.2 Å². The maximum absolute atomic E-state index is 8.65. The van der Waals surface area contributed by atoms with Gasteiger partial charge >= 0.3 is 0 Å². The van der Waals surface area contributed by atoms with Crippen LogP contribution in [0.3, 0.4) is 0 Å². The molecule has 9 rings (SSSR count). The van der Waals surface area contributed by atoms with Gasteiger partial charge in [-0.05, 0) is 103 Å². The largest absolute Gasteiger partial charge is 0.456 e. The highest BCUT2D eigenvalue weighted by Crippen LogP contribution is 2.48. The van der Waals surface area contributed by atoms with Crippen molar-refractivity contribution >= 4 is 49.1 Å². The van der Waals surface area contributed by atoms with Crippen molar-refractivity contribution in [2.45, 2.75) is 12.8 Å². The van der Waals surface area contributed by atoms with Crippen LogP contribution in [0.5, 0.6) is 0 Å². The highest BCUT2D eigenvalue weighted by Gasteiger charge is 2.22. The van der Waals surface area contributed by atoms with Crippen molar-refractivity contribution in [1.82, 2.24) is 0 Å². The molecule has 7 aromatic carbocycles. The molecule has 0 saturated carbocycles. The van der Waals surface area contributed by atoms with E-state index in [1.54, 1.807) is 0 Å². The van der Waals surface area contributed by atoms with Crippen LogP contribution in [0.2, 0.25) is 0 Å². The molecule has 1 aromatic heterocycles. The molecular formula is C44H30O. The van der Waals surface area contributed by atoms with Crippen LogP contribution in [0.25, 0.3) is 82.4 Å². The van der Waals surface area contributed by atoms with E-state index in [1.807, 2.05) is 36.4 Å². The minimum absolute atomic E-state index is 0.195. The van der Waals surface area contributed by atoms with E-state index in [1.165, 1.54) is 5.57 Å². The number of benzene rings is 7. The Morgan fingerprint density at radius 3 is 1.89 bits per heavy atom. The second-order valence-corrected chi connectivity index (χ2v) is 11.6. The molecule has 1 aliphatic carbocycles. The lowest BCUT2D eigenvalue weighted by atomic mass is 9.83. The summed E-state index contributed by atoms with van der Waals surface area (Å²) >= 11 is 0. The van der Waals surface area contributed by atoms with Gasteiger partial charge in [0.15, 0.2) is 0 Å². The van der Waals surface area contributed by atoms with E-state index < -0.39 is 6.04 Å². The summed E-state index contributed by atoms with van der Waals surface area (Å²) in [6.07, 6.45) is 8.78. The fourth-order valence-corrected chi connectivity index (χ4v) is 7.00. The predicted octanol–water partition coefficient (Wildman–Crippen LogP) is 12.6. The van der Waals surface area contributed by atoms with Crippen molar-refractivity contribution in [3.8, 4) is 33.4 Å². The Labute approximate surface area is 269 Å². The van der Waals surface area contributed by atoms with Crippen molar-refractivity contribution in [2.24, 2.45) is 0 Å². The third-order valence-electron chi connectivity index (χ3n) is 8.95. The minimum Gasteiger partial charge on any atom is -0.456 e. The number of hydrogen-bond acceptors (Lipinski definition) is 1. The zero-order valence-electron chi connectivity index (χ0n) is 29.4. The molecule has 8 aromatic rings. The summed E-state index contributed by atoms with van der Waals surface area (Å²) in [5.74, 6) is 0. The fourth-order valence-electron chi connectivity index (χ4n) is 7.00. The Morgan fingerprint density at radius 1 is 0.511 bits per heavy atom. The Bertz CT molecular complexity index is 2680. The van der Waals surface area contributed by atoms with Crippen LogP contribution in [0.1, 0.15) is 25.3 Å². The van der Waals surface area contributed by atoms with Gasteiger partial charge in [0.05, 0.1) is 6.85 Å². The van der Waals surface area contributed by atoms with Gasteiger partial charge in [-0.3, -0.25) is 0 Å². The average molecular weight is 580 g/mol. The third kappa shape index (κ3) is 4.24. The molecule has 0 amide bonds. The minimum atomic E-state index is -0.396. The second-order valence-electron chi connectivity index (χ2n) is 11.6. The number of para-hydroxylation sites is 1. The van der Waals surface area contributed by atoms with Gasteiger partial charge in [0.2, 0.25) is 0 Å². The van der Waals surface area contributed by atoms with Crippen molar-refractivity contribution in [3.63, 3.8) is 0 Å². The van der Waals surface area contributed by atoms with Crippen LogP contribution in [-0.4, -0.2) is 0 Å². The molecule has 0 atom stereocenters. The topological polar surface area (TPSA) is 13.1 Å². The highest BCUT2D eigenvalue weighted by molar-refractivity contribution is 6.26. The summed E-state index contributed by atoms with van der Waals surface area (Å²) in [6.45, 7) is 0. The Morgan fingerprint density at radius 2 is 1.18 bits per heavy atom. The van der Waals surface area contributed by atoms with Gasteiger partial charge in [-0.25, -0.2) is 0 Å². The number of allylic oxidation sites excluding steroid dienone is 4. The molecule has 0 radical (unpaired) electrons. The van der Waals surface area contributed by atoms with E-state index in [0.29, 0.717) is 5.56 Å². The summed E-state index contributed by atoms with van der Waals surface area (Å²) in [5.41, 5.74) is 8.93. The molecule has 0 saturated heterocycles. The predicted molar refractivity (Wildman–Crippen MR) is 191 cm³/mol. The first-order chi connectivity index (χ1) is 24.4. The van der Waals surface area contributed by atoms with Crippen molar-refractivity contribution < 1.29 is 11.3 Å². The standard InChI is InChI=1S/C44H30O/c1-3-14-29(15-4-1)31-18-13-19-32(26-31)42-34-20-7-9-22-36(34)43(37-23-10-8-21-35(37)42)39-27-33(30-16-5-2-6-17-30)28-41-44(39)38-24-11-12-25-40(38)45-41/h1,3-5,7-28H,2,6H2/i1D,3D,4D,14D,15D. The lowest BCUT2D eigenvalue weighted by Crippen LogP contribution is -1.93. The number of fused-ring (bicyclic) bond motifs is 5. The van der Waals surface area contributed by atoms with E-state index in [0.717, 1.165) is 84.1 Å². The van der Waals surface area contributed by atoms with Gasteiger partial charge in [0.25, 0.3) is 0 Å². The lowest BCUT2D eigenvalue weighted by molar-refractivity contribution is 0.669. The van der Waals surface area contributed by atoms with Gasteiger partial charge in [-0.2, -0.15) is 0 Å². The quantitative estimate of drug-likeness (QED) is 0.189. The molecule has 45 heavy (non-hydrogen) atoms. The summed E-state index contributed by atoms with van der Waals surface area (Å²) in [6, 6.07) is 35.9.